The molecule has 1 N–H and O–H groups in total. The zero-order valence-electron chi connectivity index (χ0n) is 10.7. The first-order chi connectivity index (χ1) is 7.60. The topological polar surface area (TPSA) is 34.2 Å². The predicted molar refractivity (Wildman–Crippen MR) is 68.8 cm³/mol. The van der Waals surface area contributed by atoms with Crippen LogP contribution in [0, 0.1) is 0 Å². The van der Waals surface area contributed by atoms with E-state index in [9.17, 15) is 0 Å². The highest BCUT2D eigenvalue weighted by Crippen LogP contribution is 2.28. The number of rotatable bonds is 7. The van der Waals surface area contributed by atoms with Crippen LogP contribution in [-0.4, -0.2) is 18.1 Å². The van der Waals surface area contributed by atoms with Crippen molar-refractivity contribution >= 4 is 11.3 Å². The van der Waals surface area contributed by atoms with E-state index in [0.29, 0.717) is 0 Å². The average molecular weight is 242 g/mol. The van der Waals surface area contributed by atoms with Crippen molar-refractivity contribution in [2.75, 3.05) is 13.2 Å². The Hall–Kier alpha value is -0.450. The van der Waals surface area contributed by atoms with Gasteiger partial charge in [0, 0.05) is 24.2 Å². The van der Waals surface area contributed by atoms with Gasteiger partial charge in [0.1, 0.15) is 10.6 Å². The lowest BCUT2D eigenvalue weighted by Gasteiger charge is -2.21. The van der Waals surface area contributed by atoms with Crippen molar-refractivity contribution in [3.05, 3.63) is 16.1 Å². The summed E-state index contributed by atoms with van der Waals surface area (Å²) in [5, 5.41) is 4.44. The molecule has 0 fully saturated rings. The van der Waals surface area contributed by atoms with Crippen molar-refractivity contribution < 1.29 is 4.74 Å². The third-order valence-electron chi connectivity index (χ3n) is 2.30. The van der Waals surface area contributed by atoms with Crippen molar-refractivity contribution in [1.29, 1.82) is 0 Å². The zero-order chi connectivity index (χ0) is 12.0. The minimum absolute atomic E-state index is 0.261. The lowest BCUT2D eigenvalue weighted by Crippen LogP contribution is -2.21. The van der Waals surface area contributed by atoms with Gasteiger partial charge in [0.05, 0.1) is 0 Å². The van der Waals surface area contributed by atoms with Crippen molar-refractivity contribution in [3.8, 4) is 0 Å². The molecule has 0 aliphatic carbocycles. The maximum atomic E-state index is 5.68. The number of nitrogens with one attached hydrogen (secondary N) is 1. The molecule has 1 aromatic rings. The van der Waals surface area contributed by atoms with Crippen molar-refractivity contribution in [2.24, 2.45) is 0 Å². The van der Waals surface area contributed by atoms with Gasteiger partial charge in [-0.3, -0.25) is 0 Å². The molecule has 0 atom stereocenters. The van der Waals surface area contributed by atoms with Crippen LogP contribution < -0.4 is 5.32 Å². The SMILES string of the molecule is CCCNCc1cnc(C(C)(C)OCC)s1. The van der Waals surface area contributed by atoms with Crippen molar-refractivity contribution in [3.63, 3.8) is 0 Å². The van der Waals surface area contributed by atoms with Gasteiger partial charge < -0.3 is 10.1 Å². The number of thiazole rings is 1. The molecule has 0 spiro atoms. The summed E-state index contributed by atoms with van der Waals surface area (Å²) in [6, 6.07) is 0. The highest BCUT2D eigenvalue weighted by Gasteiger charge is 2.24. The molecule has 0 saturated carbocycles. The molecule has 0 amide bonds. The number of hydrogen-bond acceptors (Lipinski definition) is 4. The highest BCUT2D eigenvalue weighted by molar-refractivity contribution is 7.11. The molecule has 1 heterocycles. The molecule has 3 nitrogen and oxygen atoms in total. The number of hydrogen-bond donors (Lipinski definition) is 1. The fourth-order valence-corrected chi connectivity index (χ4v) is 2.42. The van der Waals surface area contributed by atoms with Gasteiger partial charge in [-0.15, -0.1) is 11.3 Å². The van der Waals surface area contributed by atoms with Gasteiger partial charge >= 0.3 is 0 Å². The Morgan fingerprint density at radius 3 is 2.81 bits per heavy atom. The second-order valence-electron chi connectivity index (χ2n) is 4.25. The Labute approximate surface area is 102 Å². The molecule has 16 heavy (non-hydrogen) atoms. The van der Waals surface area contributed by atoms with E-state index in [0.717, 1.165) is 31.1 Å². The second kappa shape index (κ2) is 6.33. The minimum Gasteiger partial charge on any atom is -0.369 e. The third kappa shape index (κ3) is 3.85. The minimum atomic E-state index is -0.261. The van der Waals surface area contributed by atoms with Gasteiger partial charge in [0.2, 0.25) is 0 Å². The highest BCUT2D eigenvalue weighted by atomic mass is 32.1. The van der Waals surface area contributed by atoms with Gasteiger partial charge in [0.15, 0.2) is 0 Å². The maximum Gasteiger partial charge on any atom is 0.124 e. The standard InChI is InChI=1S/C12H22N2OS/c1-5-7-13-8-10-9-14-11(16-10)12(3,4)15-6-2/h9,13H,5-8H2,1-4H3. The van der Waals surface area contributed by atoms with Crippen molar-refractivity contribution in [2.45, 2.75) is 46.3 Å². The van der Waals surface area contributed by atoms with Crippen LogP contribution in [0.4, 0.5) is 0 Å². The normalized spacial score (nSPS) is 12.0. The van der Waals surface area contributed by atoms with E-state index in [1.54, 1.807) is 11.3 Å². The van der Waals surface area contributed by atoms with Crippen LogP contribution in [0.25, 0.3) is 0 Å². The molecule has 0 aliphatic rings. The van der Waals surface area contributed by atoms with E-state index < -0.39 is 0 Å². The Morgan fingerprint density at radius 1 is 1.44 bits per heavy atom. The van der Waals surface area contributed by atoms with Gasteiger partial charge in [0.25, 0.3) is 0 Å². The predicted octanol–water partition coefficient (Wildman–Crippen LogP) is 2.91. The number of nitrogens with zero attached hydrogens (tertiary/aromatic N) is 1. The van der Waals surface area contributed by atoms with Crippen molar-refractivity contribution in [1.82, 2.24) is 10.3 Å². The molecular weight excluding hydrogens is 220 g/mol. The molecule has 0 aliphatic heterocycles. The molecule has 0 radical (unpaired) electrons. The summed E-state index contributed by atoms with van der Waals surface area (Å²) in [5.74, 6) is 0. The van der Waals surface area contributed by atoms with E-state index in [1.807, 2.05) is 13.1 Å². The fourth-order valence-electron chi connectivity index (χ4n) is 1.48. The van der Waals surface area contributed by atoms with E-state index in [1.165, 1.54) is 4.88 Å². The quantitative estimate of drug-likeness (QED) is 0.747. The van der Waals surface area contributed by atoms with Gasteiger partial charge in [-0.05, 0) is 33.7 Å². The molecule has 0 aromatic carbocycles. The maximum absolute atomic E-state index is 5.68. The van der Waals surface area contributed by atoms with E-state index in [-0.39, 0.29) is 5.60 Å². The smallest absolute Gasteiger partial charge is 0.124 e. The monoisotopic (exact) mass is 242 g/mol. The summed E-state index contributed by atoms with van der Waals surface area (Å²) < 4.78 is 5.68. The Balaban J connectivity index is 2.56. The summed E-state index contributed by atoms with van der Waals surface area (Å²) >= 11 is 1.73. The third-order valence-corrected chi connectivity index (χ3v) is 3.60. The van der Waals surface area contributed by atoms with Gasteiger partial charge in [-0.1, -0.05) is 6.92 Å². The van der Waals surface area contributed by atoms with E-state index in [4.69, 9.17) is 4.74 Å². The second-order valence-corrected chi connectivity index (χ2v) is 5.37. The van der Waals surface area contributed by atoms with Crippen LogP contribution >= 0.6 is 11.3 Å². The first-order valence-corrected chi connectivity index (χ1v) is 6.71. The van der Waals surface area contributed by atoms with E-state index in [2.05, 4.69) is 31.1 Å². The fraction of sp³-hybridized carbons (Fsp3) is 0.750. The van der Waals surface area contributed by atoms with Crippen LogP contribution in [0.1, 0.15) is 44.0 Å². The number of ether oxygens (including phenoxy) is 1. The Kier molecular flexibility index (Phi) is 5.38. The molecular formula is C12H22N2OS. The van der Waals surface area contributed by atoms with E-state index >= 15 is 0 Å². The zero-order valence-corrected chi connectivity index (χ0v) is 11.5. The molecule has 92 valence electrons. The van der Waals surface area contributed by atoms with Gasteiger partial charge in [-0.2, -0.15) is 0 Å². The molecule has 1 aromatic heterocycles. The first-order valence-electron chi connectivity index (χ1n) is 5.90. The molecule has 0 unspecified atom stereocenters. The van der Waals surface area contributed by atoms with Crippen LogP contribution in [0.5, 0.6) is 0 Å². The summed E-state index contributed by atoms with van der Waals surface area (Å²) in [6.45, 7) is 11.0. The average Bonchev–Trinajstić information content (AvgIpc) is 2.67. The first kappa shape index (κ1) is 13.6. The lowest BCUT2D eigenvalue weighted by atomic mass is 10.1. The molecule has 1 rings (SSSR count). The molecule has 0 bridgehead atoms. The lowest BCUT2D eigenvalue weighted by molar-refractivity contribution is -0.0141. The van der Waals surface area contributed by atoms with Crippen LogP contribution in [-0.2, 0) is 16.9 Å². The summed E-state index contributed by atoms with van der Waals surface area (Å²) in [4.78, 5) is 5.71. The van der Waals surface area contributed by atoms with Gasteiger partial charge in [-0.25, -0.2) is 4.98 Å². The largest absolute Gasteiger partial charge is 0.369 e. The number of aromatic nitrogens is 1. The Bertz CT molecular complexity index is 310. The summed E-state index contributed by atoms with van der Waals surface area (Å²) in [7, 11) is 0. The Morgan fingerprint density at radius 2 is 2.19 bits per heavy atom. The summed E-state index contributed by atoms with van der Waals surface area (Å²) in [5.41, 5.74) is -0.261. The van der Waals surface area contributed by atoms with Crippen LogP contribution in [0.2, 0.25) is 0 Å². The molecule has 0 saturated heterocycles. The van der Waals surface area contributed by atoms with Crippen LogP contribution in [0.3, 0.4) is 0 Å². The summed E-state index contributed by atoms with van der Waals surface area (Å²) in [6.07, 6.45) is 3.11. The van der Waals surface area contributed by atoms with Crippen LogP contribution in [0.15, 0.2) is 6.20 Å². The molecule has 4 heteroatoms.